The summed E-state index contributed by atoms with van der Waals surface area (Å²) < 4.78 is 2.46. The molecule has 1 aliphatic carbocycles. The summed E-state index contributed by atoms with van der Waals surface area (Å²) in [6, 6.07) is 61.8. The quantitative estimate of drug-likeness (QED) is 0.135. The van der Waals surface area contributed by atoms with E-state index in [9.17, 15) is 0 Å². The number of hydrogen-bond donors (Lipinski definition) is 0. The highest BCUT2D eigenvalue weighted by Crippen LogP contribution is 2.38. The molecule has 47 heavy (non-hydrogen) atoms. The fourth-order valence-corrected chi connectivity index (χ4v) is 13.4. The predicted molar refractivity (Wildman–Crippen MR) is 202 cm³/mol. The molecule has 0 N–H and O–H groups in total. The summed E-state index contributed by atoms with van der Waals surface area (Å²) in [6.45, 7) is 4.49. The van der Waals surface area contributed by atoms with Crippen LogP contribution in [0, 0.1) is 13.8 Å². The molecule has 8 aromatic rings. The molecule has 0 fully saturated rings. The van der Waals surface area contributed by atoms with Crippen LogP contribution >= 0.6 is 0 Å². The van der Waals surface area contributed by atoms with Crippen LogP contribution in [0.25, 0.3) is 38.6 Å². The van der Waals surface area contributed by atoms with E-state index in [1.165, 1.54) is 81.6 Å². The Hall–Kier alpha value is -5.44. The molecule has 0 aliphatic heterocycles. The second-order valence-corrected chi connectivity index (χ2v) is 16.8. The van der Waals surface area contributed by atoms with Gasteiger partial charge >= 0.3 is 0 Å². The predicted octanol–water partition coefficient (Wildman–Crippen LogP) is 8.35. The Bertz CT molecular complexity index is 2360. The van der Waals surface area contributed by atoms with Crippen molar-refractivity contribution in [3.8, 4) is 16.8 Å². The average molecular weight is 618 g/mol. The van der Waals surface area contributed by atoms with Gasteiger partial charge in [0.25, 0.3) is 0 Å². The molecule has 224 valence electrons. The van der Waals surface area contributed by atoms with Gasteiger partial charge in [0.15, 0.2) is 8.07 Å². The first-order chi connectivity index (χ1) is 23.1. The van der Waals surface area contributed by atoms with E-state index < -0.39 is 8.07 Å². The maximum absolute atomic E-state index is 2.83. The Morgan fingerprint density at radius 1 is 0.468 bits per heavy atom. The van der Waals surface area contributed by atoms with Crippen molar-refractivity contribution in [2.45, 2.75) is 20.3 Å². The summed E-state index contributed by atoms with van der Waals surface area (Å²) in [5.41, 5.74) is 12.0. The topological polar surface area (TPSA) is 4.93 Å². The zero-order valence-corrected chi connectivity index (χ0v) is 27.7. The molecule has 0 bridgehead atoms. The van der Waals surface area contributed by atoms with Crippen molar-refractivity contribution in [2.24, 2.45) is 0 Å². The maximum atomic E-state index is 2.52. The van der Waals surface area contributed by atoms with Crippen LogP contribution < -0.4 is 20.7 Å². The van der Waals surface area contributed by atoms with Crippen LogP contribution in [-0.4, -0.2) is 12.6 Å². The van der Waals surface area contributed by atoms with E-state index in [-0.39, 0.29) is 0 Å². The van der Waals surface area contributed by atoms with Gasteiger partial charge in [-0.1, -0.05) is 151 Å². The second-order valence-electron chi connectivity index (χ2n) is 13.1. The molecule has 1 aliphatic rings. The molecule has 2 heteroatoms. The van der Waals surface area contributed by atoms with Gasteiger partial charge in [-0.2, -0.15) is 0 Å². The summed E-state index contributed by atoms with van der Waals surface area (Å²) in [5.74, 6) is 0. The van der Waals surface area contributed by atoms with Crippen molar-refractivity contribution in [3.63, 3.8) is 0 Å². The number of benzene rings is 7. The Balaban J connectivity index is 1.40. The van der Waals surface area contributed by atoms with Crippen LogP contribution in [0.2, 0.25) is 0 Å². The average Bonchev–Trinajstić information content (AvgIpc) is 3.65. The molecular formula is C45H35NSi. The summed E-state index contributed by atoms with van der Waals surface area (Å²) in [6.07, 6.45) is 0.960. The second kappa shape index (κ2) is 10.8. The standard InChI is InChI=1S/C45H35NSi/c1-31-24-25-33-29-42-41(40(33)26-31)27-32(2)28-45(42)47(35-15-5-3-6-16-35,36-17-7-4-8-18-36)37-19-13-14-34(30-37)46-43-22-11-9-20-38(43)39-21-10-12-23-44(39)46/h3-28,30H,29H2,1-2H3. The molecule has 9 rings (SSSR count). The third-order valence-corrected chi connectivity index (χ3v) is 15.1. The fourth-order valence-electron chi connectivity index (χ4n) is 8.29. The van der Waals surface area contributed by atoms with E-state index in [4.69, 9.17) is 0 Å². The SMILES string of the molecule is Cc1ccc2c(c1)-c1cc(C)cc([Si](c3ccccc3)(c3ccccc3)c3cccc(-n4c5ccccc5c5ccccc54)c3)c1C2. The van der Waals surface area contributed by atoms with Gasteiger partial charge in [-0.15, -0.1) is 0 Å². The Kier molecular flexibility index (Phi) is 6.41. The van der Waals surface area contributed by atoms with Crippen LogP contribution in [0.1, 0.15) is 22.3 Å². The van der Waals surface area contributed by atoms with Crippen molar-refractivity contribution < 1.29 is 0 Å². The first-order valence-electron chi connectivity index (χ1n) is 16.6. The van der Waals surface area contributed by atoms with Gasteiger partial charge in [0.05, 0.1) is 11.0 Å². The number of aromatic nitrogens is 1. The minimum atomic E-state index is -2.83. The number of para-hydroxylation sites is 2. The van der Waals surface area contributed by atoms with Gasteiger partial charge in [-0.05, 0) is 87.5 Å². The third kappa shape index (κ3) is 4.22. The highest BCUT2D eigenvalue weighted by molar-refractivity contribution is 7.20. The van der Waals surface area contributed by atoms with Crippen molar-refractivity contribution in [1.29, 1.82) is 0 Å². The zero-order valence-electron chi connectivity index (χ0n) is 26.7. The molecule has 1 nitrogen and oxygen atoms in total. The van der Waals surface area contributed by atoms with Gasteiger partial charge in [0.1, 0.15) is 0 Å². The number of aryl methyl sites for hydroxylation is 2. The molecule has 0 unspecified atom stereocenters. The molecule has 0 saturated carbocycles. The molecule has 0 saturated heterocycles. The van der Waals surface area contributed by atoms with Crippen molar-refractivity contribution in [1.82, 2.24) is 4.57 Å². The third-order valence-electron chi connectivity index (χ3n) is 10.3. The molecule has 0 spiro atoms. The Morgan fingerprint density at radius 2 is 1.04 bits per heavy atom. The van der Waals surface area contributed by atoms with Crippen LogP contribution in [0.3, 0.4) is 0 Å². The van der Waals surface area contributed by atoms with Gasteiger partial charge in [0.2, 0.25) is 0 Å². The molecular weight excluding hydrogens is 583 g/mol. The molecule has 1 aromatic heterocycles. The molecule has 0 amide bonds. The minimum absolute atomic E-state index is 0.960. The highest BCUT2D eigenvalue weighted by atomic mass is 28.3. The summed E-state index contributed by atoms with van der Waals surface area (Å²) in [4.78, 5) is 0. The number of nitrogens with zero attached hydrogens (tertiary/aromatic N) is 1. The van der Waals surface area contributed by atoms with E-state index in [0.29, 0.717) is 0 Å². The van der Waals surface area contributed by atoms with Crippen LogP contribution in [0.15, 0.2) is 164 Å². The monoisotopic (exact) mass is 617 g/mol. The molecule has 0 radical (unpaired) electrons. The molecule has 1 heterocycles. The van der Waals surface area contributed by atoms with Crippen LogP contribution in [-0.2, 0) is 6.42 Å². The van der Waals surface area contributed by atoms with Crippen molar-refractivity contribution in [2.75, 3.05) is 0 Å². The lowest BCUT2D eigenvalue weighted by atomic mass is 10.0. The van der Waals surface area contributed by atoms with E-state index in [2.05, 4.69) is 182 Å². The fraction of sp³-hybridized carbons (Fsp3) is 0.0667. The largest absolute Gasteiger partial charge is 0.309 e. The van der Waals surface area contributed by atoms with Gasteiger partial charge in [-0.3, -0.25) is 0 Å². The van der Waals surface area contributed by atoms with Gasteiger partial charge in [0, 0.05) is 16.5 Å². The van der Waals surface area contributed by atoms with E-state index in [1.807, 2.05) is 0 Å². The lowest BCUT2D eigenvalue weighted by Crippen LogP contribution is -2.75. The van der Waals surface area contributed by atoms with Crippen LogP contribution in [0.4, 0.5) is 0 Å². The number of fused-ring (bicyclic) bond motifs is 6. The minimum Gasteiger partial charge on any atom is -0.309 e. The Morgan fingerprint density at radius 3 is 1.70 bits per heavy atom. The van der Waals surface area contributed by atoms with E-state index in [1.54, 1.807) is 0 Å². The maximum Gasteiger partial charge on any atom is 0.180 e. The zero-order chi connectivity index (χ0) is 31.5. The van der Waals surface area contributed by atoms with Crippen molar-refractivity contribution in [3.05, 3.63) is 186 Å². The van der Waals surface area contributed by atoms with Gasteiger partial charge < -0.3 is 4.57 Å². The lowest BCUT2D eigenvalue weighted by Gasteiger charge is -2.36. The van der Waals surface area contributed by atoms with E-state index in [0.717, 1.165) is 6.42 Å². The molecule has 0 atom stereocenters. The van der Waals surface area contributed by atoms with Crippen LogP contribution in [0.5, 0.6) is 0 Å². The normalized spacial score (nSPS) is 12.4. The number of rotatable bonds is 5. The molecule has 7 aromatic carbocycles. The number of hydrogen-bond acceptors (Lipinski definition) is 0. The van der Waals surface area contributed by atoms with Gasteiger partial charge in [-0.25, -0.2) is 0 Å². The smallest absolute Gasteiger partial charge is 0.180 e. The van der Waals surface area contributed by atoms with E-state index >= 15 is 0 Å². The summed E-state index contributed by atoms with van der Waals surface area (Å²) in [5, 5.41) is 8.28. The summed E-state index contributed by atoms with van der Waals surface area (Å²) in [7, 11) is -2.83. The first kappa shape index (κ1) is 27.8. The summed E-state index contributed by atoms with van der Waals surface area (Å²) >= 11 is 0. The van der Waals surface area contributed by atoms with Crippen molar-refractivity contribution >= 4 is 50.6 Å². The first-order valence-corrected chi connectivity index (χ1v) is 18.6. The highest BCUT2D eigenvalue weighted by Gasteiger charge is 2.44. The Labute approximate surface area is 277 Å². The lowest BCUT2D eigenvalue weighted by molar-refractivity contribution is 1.18.